The molecule has 1 heterocycles. The van der Waals surface area contributed by atoms with Crippen molar-refractivity contribution in [3.05, 3.63) is 71.3 Å². The van der Waals surface area contributed by atoms with E-state index in [0.29, 0.717) is 5.92 Å². The number of carbonyl (C=O) groups is 1. The first-order chi connectivity index (χ1) is 10.7. The summed E-state index contributed by atoms with van der Waals surface area (Å²) in [5, 5.41) is 9.37. The fourth-order valence-electron chi connectivity index (χ4n) is 4.36. The summed E-state index contributed by atoms with van der Waals surface area (Å²) in [7, 11) is 0. The Bertz CT molecular complexity index is 712. The number of benzene rings is 2. The summed E-state index contributed by atoms with van der Waals surface area (Å²) in [6, 6.07) is 18.8. The molecule has 2 atom stereocenters. The highest BCUT2D eigenvalue weighted by Crippen LogP contribution is 2.58. The standard InChI is InChI=1S/C19H19NO2/c21-18(22)10-19-13-20(11-14-6-2-1-3-7-14)12-17(19)15-8-4-5-9-16(15)19/h1-9,17H,10-13H2,(H,21,22)/t17-,19+/m0/s1. The topological polar surface area (TPSA) is 40.5 Å². The van der Waals surface area contributed by atoms with E-state index in [4.69, 9.17) is 0 Å². The van der Waals surface area contributed by atoms with Gasteiger partial charge in [0.25, 0.3) is 0 Å². The van der Waals surface area contributed by atoms with Crippen LogP contribution in [-0.4, -0.2) is 29.1 Å². The zero-order chi connectivity index (χ0) is 15.2. The van der Waals surface area contributed by atoms with Gasteiger partial charge in [0.1, 0.15) is 0 Å². The number of hydrogen-bond acceptors (Lipinski definition) is 2. The number of nitrogens with zero attached hydrogens (tertiary/aromatic N) is 1. The highest BCUT2D eigenvalue weighted by Gasteiger charge is 2.57. The normalized spacial score (nSPS) is 26.1. The fourth-order valence-corrected chi connectivity index (χ4v) is 4.36. The Labute approximate surface area is 130 Å². The molecule has 2 aromatic rings. The summed E-state index contributed by atoms with van der Waals surface area (Å²) in [5.74, 6) is -0.329. The number of carboxylic acid groups (broad SMARTS) is 1. The third kappa shape index (κ3) is 1.97. The van der Waals surface area contributed by atoms with Crippen LogP contribution >= 0.6 is 0 Å². The zero-order valence-corrected chi connectivity index (χ0v) is 12.4. The number of likely N-dealkylation sites (tertiary alicyclic amines) is 1. The second kappa shape index (κ2) is 4.96. The molecule has 0 unspecified atom stereocenters. The van der Waals surface area contributed by atoms with Gasteiger partial charge in [-0.05, 0) is 16.7 Å². The molecule has 2 aromatic carbocycles. The maximum Gasteiger partial charge on any atom is 0.304 e. The van der Waals surface area contributed by atoms with Crippen LogP contribution in [0.5, 0.6) is 0 Å². The van der Waals surface area contributed by atoms with Crippen LogP contribution < -0.4 is 0 Å². The van der Waals surface area contributed by atoms with Gasteiger partial charge in [-0.2, -0.15) is 0 Å². The Kier molecular flexibility index (Phi) is 3.05. The summed E-state index contributed by atoms with van der Waals surface area (Å²) >= 11 is 0. The van der Waals surface area contributed by atoms with Gasteiger partial charge in [0.15, 0.2) is 0 Å². The molecule has 0 amide bonds. The van der Waals surface area contributed by atoms with E-state index in [9.17, 15) is 9.90 Å². The third-order valence-electron chi connectivity index (χ3n) is 5.20. The minimum atomic E-state index is -0.693. The van der Waals surface area contributed by atoms with Crippen molar-refractivity contribution in [3.63, 3.8) is 0 Å². The van der Waals surface area contributed by atoms with Crippen molar-refractivity contribution in [1.29, 1.82) is 0 Å². The molecule has 4 rings (SSSR count). The second-order valence-corrected chi connectivity index (χ2v) is 6.52. The van der Waals surface area contributed by atoms with E-state index in [1.807, 2.05) is 12.1 Å². The van der Waals surface area contributed by atoms with Crippen molar-refractivity contribution in [2.75, 3.05) is 13.1 Å². The average molecular weight is 293 g/mol. The van der Waals surface area contributed by atoms with Crippen LogP contribution in [0.3, 0.4) is 0 Å². The maximum atomic E-state index is 11.4. The SMILES string of the molecule is O=C(O)C[C@]12CN(Cc3ccccc3)C[C@H]1c1ccccc12. The molecule has 2 aliphatic rings. The highest BCUT2D eigenvalue weighted by molar-refractivity contribution is 5.72. The van der Waals surface area contributed by atoms with E-state index in [-0.39, 0.29) is 11.8 Å². The summed E-state index contributed by atoms with van der Waals surface area (Å²) in [5.41, 5.74) is 3.70. The first-order valence-electron chi connectivity index (χ1n) is 7.76. The maximum absolute atomic E-state index is 11.4. The lowest BCUT2D eigenvalue weighted by Gasteiger charge is -2.45. The van der Waals surface area contributed by atoms with Gasteiger partial charge in [-0.1, -0.05) is 54.6 Å². The first-order valence-corrected chi connectivity index (χ1v) is 7.76. The molecule has 0 saturated carbocycles. The lowest BCUT2D eigenvalue weighted by molar-refractivity contribution is -0.138. The monoisotopic (exact) mass is 293 g/mol. The fraction of sp³-hybridized carbons (Fsp3) is 0.316. The number of aliphatic carboxylic acids is 1. The van der Waals surface area contributed by atoms with Gasteiger partial charge >= 0.3 is 5.97 Å². The lowest BCUT2D eigenvalue weighted by Crippen LogP contribution is -2.45. The van der Waals surface area contributed by atoms with Crippen LogP contribution in [0.25, 0.3) is 0 Å². The van der Waals surface area contributed by atoms with Crippen molar-refractivity contribution in [1.82, 2.24) is 4.90 Å². The van der Waals surface area contributed by atoms with E-state index in [2.05, 4.69) is 47.4 Å². The van der Waals surface area contributed by atoms with Crippen molar-refractivity contribution >= 4 is 5.97 Å². The van der Waals surface area contributed by atoms with Gasteiger partial charge < -0.3 is 5.11 Å². The minimum absolute atomic E-state index is 0.183. The van der Waals surface area contributed by atoms with Gasteiger partial charge in [-0.25, -0.2) is 0 Å². The predicted molar refractivity (Wildman–Crippen MR) is 84.8 cm³/mol. The molecule has 1 aliphatic carbocycles. The molecule has 3 heteroatoms. The average Bonchev–Trinajstić information content (AvgIpc) is 2.81. The highest BCUT2D eigenvalue weighted by atomic mass is 16.4. The summed E-state index contributed by atoms with van der Waals surface area (Å²) < 4.78 is 0. The van der Waals surface area contributed by atoms with E-state index >= 15 is 0 Å². The van der Waals surface area contributed by atoms with Gasteiger partial charge in [0, 0.05) is 31.0 Å². The van der Waals surface area contributed by atoms with Crippen LogP contribution in [0.15, 0.2) is 54.6 Å². The summed E-state index contributed by atoms with van der Waals surface area (Å²) in [4.78, 5) is 13.8. The molecule has 3 nitrogen and oxygen atoms in total. The summed E-state index contributed by atoms with van der Waals surface area (Å²) in [6.45, 7) is 2.70. The zero-order valence-electron chi connectivity index (χ0n) is 12.4. The van der Waals surface area contributed by atoms with E-state index in [1.165, 1.54) is 16.7 Å². The van der Waals surface area contributed by atoms with Crippen LogP contribution in [0.1, 0.15) is 29.0 Å². The molecular formula is C19H19NO2. The molecule has 0 aromatic heterocycles. The Balaban J connectivity index is 1.62. The van der Waals surface area contributed by atoms with Crippen LogP contribution in [-0.2, 0) is 16.8 Å². The van der Waals surface area contributed by atoms with Crippen molar-refractivity contribution < 1.29 is 9.90 Å². The number of hydrogen-bond donors (Lipinski definition) is 1. The third-order valence-corrected chi connectivity index (χ3v) is 5.20. The van der Waals surface area contributed by atoms with Crippen LogP contribution in [0, 0.1) is 0 Å². The molecule has 1 saturated heterocycles. The number of rotatable bonds is 4. The summed E-state index contributed by atoms with van der Waals surface area (Å²) in [6.07, 6.45) is 0.236. The van der Waals surface area contributed by atoms with Gasteiger partial charge in [-0.3, -0.25) is 9.69 Å². The lowest BCUT2D eigenvalue weighted by atomic mass is 9.56. The van der Waals surface area contributed by atoms with Crippen molar-refractivity contribution in [2.45, 2.75) is 24.3 Å². The molecule has 0 spiro atoms. The molecule has 0 bridgehead atoms. The number of carboxylic acids is 1. The first kappa shape index (κ1) is 13.5. The van der Waals surface area contributed by atoms with Gasteiger partial charge in [0.2, 0.25) is 0 Å². The van der Waals surface area contributed by atoms with Crippen molar-refractivity contribution in [2.24, 2.45) is 0 Å². The molecule has 1 aliphatic heterocycles. The predicted octanol–water partition coefficient (Wildman–Crippen LogP) is 3.01. The minimum Gasteiger partial charge on any atom is -0.481 e. The smallest absolute Gasteiger partial charge is 0.304 e. The molecule has 1 N–H and O–H groups in total. The molecule has 112 valence electrons. The van der Waals surface area contributed by atoms with Gasteiger partial charge in [0.05, 0.1) is 6.42 Å². The largest absolute Gasteiger partial charge is 0.481 e. The van der Waals surface area contributed by atoms with Gasteiger partial charge in [-0.15, -0.1) is 0 Å². The Morgan fingerprint density at radius 1 is 1.14 bits per heavy atom. The molecular weight excluding hydrogens is 274 g/mol. The van der Waals surface area contributed by atoms with E-state index < -0.39 is 5.97 Å². The molecule has 1 fully saturated rings. The molecule has 22 heavy (non-hydrogen) atoms. The molecule has 0 radical (unpaired) electrons. The van der Waals surface area contributed by atoms with E-state index in [1.54, 1.807) is 0 Å². The van der Waals surface area contributed by atoms with E-state index in [0.717, 1.165) is 19.6 Å². The van der Waals surface area contributed by atoms with Crippen LogP contribution in [0.2, 0.25) is 0 Å². The van der Waals surface area contributed by atoms with Crippen LogP contribution in [0.4, 0.5) is 0 Å². The Morgan fingerprint density at radius 3 is 2.64 bits per heavy atom. The second-order valence-electron chi connectivity index (χ2n) is 6.52. The Hall–Kier alpha value is -2.13. The van der Waals surface area contributed by atoms with Crippen molar-refractivity contribution in [3.8, 4) is 0 Å². The number of fused-ring (bicyclic) bond motifs is 4. The Morgan fingerprint density at radius 2 is 1.86 bits per heavy atom. The quantitative estimate of drug-likeness (QED) is 0.942.